The van der Waals surface area contributed by atoms with Crippen molar-refractivity contribution in [3.05, 3.63) is 32.6 Å². The van der Waals surface area contributed by atoms with Gasteiger partial charge in [-0.3, -0.25) is 23.5 Å². The Balaban J connectivity index is 2.29. The zero-order chi connectivity index (χ0) is 18.0. The van der Waals surface area contributed by atoms with E-state index in [4.69, 9.17) is 14.2 Å². The summed E-state index contributed by atoms with van der Waals surface area (Å²) in [5.41, 5.74) is -0.541. The Morgan fingerprint density at radius 2 is 1.96 bits per heavy atom. The summed E-state index contributed by atoms with van der Waals surface area (Å²) in [6, 6.07) is 0. The summed E-state index contributed by atoms with van der Waals surface area (Å²) >= 11 is 0. The van der Waals surface area contributed by atoms with Crippen LogP contribution in [0.15, 0.2) is 15.8 Å². The van der Waals surface area contributed by atoms with E-state index < -0.39 is 36.1 Å². The Hall–Kier alpha value is -2.42. The monoisotopic (exact) mass is 340 g/mol. The first-order chi connectivity index (χ1) is 11.2. The molecule has 0 amide bonds. The van der Waals surface area contributed by atoms with Crippen molar-refractivity contribution in [1.29, 1.82) is 0 Å². The van der Waals surface area contributed by atoms with E-state index in [-0.39, 0.29) is 18.6 Å². The molecule has 1 aromatic rings. The smallest absolute Gasteiger partial charge is 0.332 e. The molecule has 2 rings (SSSR count). The molecule has 1 saturated heterocycles. The van der Waals surface area contributed by atoms with E-state index in [1.807, 2.05) is 0 Å². The Morgan fingerprint density at radius 1 is 1.29 bits per heavy atom. The van der Waals surface area contributed by atoms with Crippen molar-refractivity contribution >= 4 is 11.9 Å². The SMILES string of the molecule is CC(=O)OC[C@H]1O[C@@H](n2cc(C)c(=O)n(C)c2=O)C[C@@H]1OC(C)=O. The maximum atomic E-state index is 12.3. The zero-order valence-corrected chi connectivity index (χ0v) is 14.0. The Kier molecular flexibility index (Phi) is 5.23. The summed E-state index contributed by atoms with van der Waals surface area (Å²) in [5, 5.41) is 0. The third-order valence-corrected chi connectivity index (χ3v) is 3.74. The lowest BCUT2D eigenvalue weighted by Gasteiger charge is -2.18. The van der Waals surface area contributed by atoms with Gasteiger partial charge in [-0.15, -0.1) is 0 Å². The van der Waals surface area contributed by atoms with Gasteiger partial charge in [-0.25, -0.2) is 4.79 Å². The molecule has 0 N–H and O–H groups in total. The van der Waals surface area contributed by atoms with Crippen LogP contribution in [0.4, 0.5) is 0 Å². The number of hydrogen-bond acceptors (Lipinski definition) is 7. The molecule has 9 nitrogen and oxygen atoms in total. The summed E-state index contributed by atoms with van der Waals surface area (Å²) in [6.07, 6.45) is -0.450. The molecule has 0 aromatic carbocycles. The molecule has 24 heavy (non-hydrogen) atoms. The van der Waals surface area contributed by atoms with Gasteiger partial charge in [0.25, 0.3) is 5.56 Å². The number of hydrogen-bond donors (Lipinski definition) is 0. The molecule has 0 bridgehead atoms. The summed E-state index contributed by atoms with van der Waals surface area (Å²) in [7, 11) is 1.38. The van der Waals surface area contributed by atoms with Crippen LogP contribution in [-0.4, -0.2) is 39.9 Å². The minimum Gasteiger partial charge on any atom is -0.463 e. The molecular weight excluding hydrogens is 320 g/mol. The predicted molar refractivity (Wildman–Crippen MR) is 81.4 cm³/mol. The lowest BCUT2D eigenvalue weighted by Crippen LogP contribution is -2.40. The van der Waals surface area contributed by atoms with Crippen molar-refractivity contribution in [3.8, 4) is 0 Å². The summed E-state index contributed by atoms with van der Waals surface area (Å²) in [4.78, 5) is 46.3. The number of aryl methyl sites for hydroxylation is 1. The van der Waals surface area contributed by atoms with Crippen molar-refractivity contribution < 1.29 is 23.8 Å². The van der Waals surface area contributed by atoms with Gasteiger partial charge in [-0.2, -0.15) is 0 Å². The largest absolute Gasteiger partial charge is 0.463 e. The molecule has 0 spiro atoms. The fraction of sp³-hybridized carbons (Fsp3) is 0.600. The van der Waals surface area contributed by atoms with Gasteiger partial charge in [0.2, 0.25) is 0 Å². The fourth-order valence-corrected chi connectivity index (χ4v) is 2.61. The van der Waals surface area contributed by atoms with E-state index in [0.29, 0.717) is 5.56 Å². The van der Waals surface area contributed by atoms with Crippen molar-refractivity contribution in [1.82, 2.24) is 9.13 Å². The van der Waals surface area contributed by atoms with E-state index in [9.17, 15) is 19.2 Å². The molecule has 132 valence electrons. The zero-order valence-electron chi connectivity index (χ0n) is 14.0. The van der Waals surface area contributed by atoms with E-state index in [2.05, 4.69) is 0 Å². The molecule has 0 saturated carbocycles. The third kappa shape index (κ3) is 3.73. The molecule has 1 aliphatic rings. The Labute approximate surface area is 137 Å². The molecular formula is C15H20N2O7. The maximum absolute atomic E-state index is 12.3. The van der Waals surface area contributed by atoms with Gasteiger partial charge in [0.05, 0.1) is 0 Å². The van der Waals surface area contributed by atoms with Crippen LogP contribution in [0.5, 0.6) is 0 Å². The highest BCUT2D eigenvalue weighted by Crippen LogP contribution is 2.30. The van der Waals surface area contributed by atoms with E-state index in [1.54, 1.807) is 6.92 Å². The maximum Gasteiger partial charge on any atom is 0.332 e. The van der Waals surface area contributed by atoms with Crippen molar-refractivity contribution in [2.24, 2.45) is 7.05 Å². The number of aromatic nitrogens is 2. The molecule has 0 radical (unpaired) electrons. The van der Waals surface area contributed by atoms with Crippen LogP contribution < -0.4 is 11.2 Å². The van der Waals surface area contributed by atoms with Crippen LogP contribution in [0.1, 0.15) is 32.1 Å². The summed E-state index contributed by atoms with van der Waals surface area (Å²) in [5.74, 6) is -0.986. The quantitative estimate of drug-likeness (QED) is 0.689. The molecule has 0 aliphatic carbocycles. The van der Waals surface area contributed by atoms with Crippen LogP contribution in [0.25, 0.3) is 0 Å². The second-order valence-electron chi connectivity index (χ2n) is 5.68. The highest BCUT2D eigenvalue weighted by Gasteiger charge is 2.39. The molecule has 9 heteroatoms. The lowest BCUT2D eigenvalue weighted by atomic mass is 10.2. The molecule has 1 fully saturated rings. The Bertz CT molecular complexity index is 764. The first-order valence-corrected chi connectivity index (χ1v) is 7.45. The second kappa shape index (κ2) is 7.00. The van der Waals surface area contributed by atoms with Crippen LogP contribution in [-0.2, 0) is 30.8 Å². The predicted octanol–water partition coefficient (Wildman–Crippen LogP) is -0.362. The van der Waals surface area contributed by atoms with Gasteiger partial charge < -0.3 is 14.2 Å². The summed E-state index contributed by atoms with van der Waals surface area (Å²) < 4.78 is 18.1. The van der Waals surface area contributed by atoms with Gasteiger partial charge in [0.15, 0.2) is 0 Å². The Morgan fingerprint density at radius 3 is 2.54 bits per heavy atom. The number of nitrogens with zero attached hydrogens (tertiary/aromatic N) is 2. The number of carbonyl (C=O) groups is 2. The van der Waals surface area contributed by atoms with Gasteiger partial charge >= 0.3 is 17.6 Å². The molecule has 3 atom stereocenters. The minimum atomic E-state index is -0.729. The average Bonchev–Trinajstić information content (AvgIpc) is 2.88. The highest BCUT2D eigenvalue weighted by molar-refractivity contribution is 5.66. The molecule has 1 aromatic heterocycles. The van der Waals surface area contributed by atoms with Crippen molar-refractivity contribution in [2.75, 3.05) is 6.61 Å². The van der Waals surface area contributed by atoms with Gasteiger partial charge in [-0.1, -0.05) is 0 Å². The van der Waals surface area contributed by atoms with E-state index >= 15 is 0 Å². The summed E-state index contributed by atoms with van der Waals surface area (Å²) in [6.45, 7) is 4.02. The van der Waals surface area contributed by atoms with Gasteiger partial charge in [-0.05, 0) is 6.92 Å². The second-order valence-corrected chi connectivity index (χ2v) is 5.68. The number of rotatable bonds is 4. The average molecular weight is 340 g/mol. The van der Waals surface area contributed by atoms with Gasteiger partial charge in [0, 0.05) is 39.1 Å². The number of esters is 2. The molecule has 1 aliphatic heterocycles. The standard InChI is InChI=1S/C15H20N2O7/c1-8-6-17(15(21)16(4)14(8)20)13-5-11(23-10(3)19)12(24-13)7-22-9(2)18/h6,11-13H,5,7H2,1-4H3/t11-,12+,13+/m0/s1. The molecule has 2 heterocycles. The van der Waals surface area contributed by atoms with Crippen molar-refractivity contribution in [3.63, 3.8) is 0 Å². The number of carbonyl (C=O) groups excluding carboxylic acids is 2. The third-order valence-electron chi connectivity index (χ3n) is 3.74. The first-order valence-electron chi connectivity index (χ1n) is 7.45. The van der Waals surface area contributed by atoms with E-state index in [0.717, 1.165) is 4.57 Å². The van der Waals surface area contributed by atoms with Crippen LogP contribution >= 0.6 is 0 Å². The fourth-order valence-electron chi connectivity index (χ4n) is 2.61. The van der Waals surface area contributed by atoms with Crippen LogP contribution in [0, 0.1) is 6.92 Å². The van der Waals surface area contributed by atoms with Crippen molar-refractivity contribution in [2.45, 2.75) is 45.6 Å². The van der Waals surface area contributed by atoms with E-state index in [1.165, 1.54) is 31.7 Å². The van der Waals surface area contributed by atoms with Crippen LogP contribution in [0.2, 0.25) is 0 Å². The number of ether oxygens (including phenoxy) is 3. The minimum absolute atomic E-state index is 0.0940. The topological polar surface area (TPSA) is 106 Å². The normalized spacial score (nSPS) is 23.1. The highest BCUT2D eigenvalue weighted by atomic mass is 16.6. The van der Waals surface area contributed by atoms with Crippen LogP contribution in [0.3, 0.4) is 0 Å². The molecule has 0 unspecified atom stereocenters. The first kappa shape index (κ1) is 17.9. The van der Waals surface area contributed by atoms with Gasteiger partial charge in [0.1, 0.15) is 25.0 Å². The lowest BCUT2D eigenvalue weighted by molar-refractivity contribution is -0.155.